The van der Waals surface area contributed by atoms with Crippen LogP contribution in [0.25, 0.3) is 10.8 Å². The Kier molecular flexibility index (Phi) is 1.57. The second-order valence-corrected chi connectivity index (χ2v) is 3.93. The summed E-state index contributed by atoms with van der Waals surface area (Å²) in [5.74, 6) is 0.0966. The van der Waals surface area contributed by atoms with Gasteiger partial charge in [-0.2, -0.15) is 0 Å². The minimum Gasteiger partial charge on any atom is -0.289 e. The van der Waals surface area contributed by atoms with Crippen LogP contribution in [0.5, 0.6) is 0 Å². The van der Waals surface area contributed by atoms with E-state index in [1.807, 2.05) is 30.3 Å². The molecule has 1 aliphatic rings. The first kappa shape index (κ1) is 8.42. The van der Waals surface area contributed by atoms with Crippen molar-refractivity contribution >= 4 is 16.6 Å². The van der Waals surface area contributed by atoms with Gasteiger partial charge in [0.05, 0.1) is 0 Å². The molecule has 0 N–H and O–H groups in total. The Bertz CT molecular complexity index is 588. The predicted octanol–water partition coefficient (Wildman–Crippen LogP) is 3.13. The lowest BCUT2D eigenvalue weighted by molar-refractivity contribution is 0.103. The van der Waals surface area contributed by atoms with Gasteiger partial charge in [-0.25, -0.2) is 0 Å². The van der Waals surface area contributed by atoms with Gasteiger partial charge in [0.2, 0.25) is 0 Å². The number of allylic oxidation sites excluding steroid dienone is 1. The molecular weight excluding hydrogens is 184 g/mol. The van der Waals surface area contributed by atoms with E-state index in [0.29, 0.717) is 12.0 Å². The second kappa shape index (κ2) is 2.80. The molecule has 1 heteroatoms. The van der Waals surface area contributed by atoms with Gasteiger partial charge in [-0.3, -0.25) is 4.79 Å². The minimum atomic E-state index is 0.0966. The highest BCUT2D eigenvalue weighted by atomic mass is 16.1. The molecule has 0 saturated carbocycles. The standard InChI is InChI=1S/C14H10O/c1-9-8-11-6-2-4-10-5-3-7-12(13(10)11)14(9)15/h2-7H,1,8H2. The lowest BCUT2D eigenvalue weighted by atomic mass is 9.85. The van der Waals surface area contributed by atoms with E-state index in [0.717, 1.165) is 16.3 Å². The topological polar surface area (TPSA) is 17.1 Å². The van der Waals surface area contributed by atoms with Crippen molar-refractivity contribution in [2.45, 2.75) is 6.42 Å². The molecule has 0 amide bonds. The Balaban J connectivity index is 2.51. The highest BCUT2D eigenvalue weighted by Gasteiger charge is 2.21. The molecule has 15 heavy (non-hydrogen) atoms. The number of ketones is 1. The van der Waals surface area contributed by atoms with E-state index in [9.17, 15) is 4.79 Å². The van der Waals surface area contributed by atoms with Gasteiger partial charge < -0.3 is 0 Å². The van der Waals surface area contributed by atoms with Crippen LogP contribution in [0.2, 0.25) is 0 Å². The van der Waals surface area contributed by atoms with Crippen molar-refractivity contribution in [1.29, 1.82) is 0 Å². The highest BCUT2D eigenvalue weighted by Crippen LogP contribution is 2.30. The third-order valence-corrected chi connectivity index (χ3v) is 2.96. The Morgan fingerprint density at radius 2 is 1.80 bits per heavy atom. The molecule has 0 fully saturated rings. The first-order chi connectivity index (χ1) is 7.27. The smallest absolute Gasteiger partial charge is 0.189 e. The fourth-order valence-electron chi connectivity index (χ4n) is 2.26. The van der Waals surface area contributed by atoms with E-state index in [-0.39, 0.29) is 5.78 Å². The van der Waals surface area contributed by atoms with Crippen molar-refractivity contribution in [2.24, 2.45) is 0 Å². The van der Waals surface area contributed by atoms with E-state index in [2.05, 4.69) is 12.6 Å². The molecular formula is C14H10O. The summed E-state index contributed by atoms with van der Waals surface area (Å²) < 4.78 is 0. The van der Waals surface area contributed by atoms with Crippen molar-refractivity contribution in [2.75, 3.05) is 0 Å². The van der Waals surface area contributed by atoms with Crippen LogP contribution >= 0.6 is 0 Å². The predicted molar refractivity (Wildman–Crippen MR) is 61.1 cm³/mol. The van der Waals surface area contributed by atoms with Crippen molar-refractivity contribution in [3.63, 3.8) is 0 Å². The van der Waals surface area contributed by atoms with Crippen LogP contribution in [-0.4, -0.2) is 5.78 Å². The van der Waals surface area contributed by atoms with Gasteiger partial charge in [0.1, 0.15) is 0 Å². The summed E-state index contributed by atoms with van der Waals surface area (Å²) >= 11 is 0. The van der Waals surface area contributed by atoms with Gasteiger partial charge in [-0.15, -0.1) is 0 Å². The molecule has 0 spiro atoms. The minimum absolute atomic E-state index is 0.0966. The van der Waals surface area contributed by atoms with Crippen LogP contribution in [-0.2, 0) is 6.42 Å². The average Bonchev–Trinajstić information content (AvgIpc) is 2.26. The molecule has 2 aromatic carbocycles. The Hall–Kier alpha value is -1.89. The molecule has 0 radical (unpaired) electrons. The fraction of sp³-hybridized carbons (Fsp3) is 0.0714. The number of carbonyl (C=O) groups excluding carboxylic acids is 1. The summed E-state index contributed by atoms with van der Waals surface area (Å²) in [5.41, 5.74) is 2.72. The third kappa shape index (κ3) is 1.06. The highest BCUT2D eigenvalue weighted by molar-refractivity contribution is 6.19. The normalized spacial score (nSPS) is 14.7. The van der Waals surface area contributed by atoms with Crippen LogP contribution in [0.1, 0.15) is 15.9 Å². The van der Waals surface area contributed by atoms with Crippen molar-refractivity contribution in [3.05, 3.63) is 59.7 Å². The summed E-state index contributed by atoms with van der Waals surface area (Å²) in [7, 11) is 0. The Morgan fingerprint density at radius 1 is 1.07 bits per heavy atom. The molecule has 3 rings (SSSR count). The SMILES string of the molecule is C=C1Cc2cccc3cccc(c23)C1=O. The summed E-state index contributed by atoms with van der Waals surface area (Å²) in [6.45, 7) is 3.83. The molecule has 0 atom stereocenters. The van der Waals surface area contributed by atoms with Gasteiger partial charge in [-0.1, -0.05) is 43.0 Å². The number of hydrogen-bond acceptors (Lipinski definition) is 1. The first-order valence-electron chi connectivity index (χ1n) is 5.00. The van der Waals surface area contributed by atoms with Gasteiger partial charge >= 0.3 is 0 Å². The fourth-order valence-corrected chi connectivity index (χ4v) is 2.26. The van der Waals surface area contributed by atoms with E-state index >= 15 is 0 Å². The second-order valence-electron chi connectivity index (χ2n) is 3.93. The van der Waals surface area contributed by atoms with Gasteiger partial charge in [0.25, 0.3) is 0 Å². The molecule has 72 valence electrons. The molecule has 1 nitrogen and oxygen atoms in total. The number of rotatable bonds is 0. The summed E-state index contributed by atoms with van der Waals surface area (Å²) in [4.78, 5) is 11.9. The maximum absolute atomic E-state index is 11.9. The van der Waals surface area contributed by atoms with Crippen LogP contribution in [0, 0.1) is 0 Å². The molecule has 0 unspecified atom stereocenters. The molecule has 0 saturated heterocycles. The quantitative estimate of drug-likeness (QED) is 0.589. The summed E-state index contributed by atoms with van der Waals surface area (Å²) in [6.07, 6.45) is 0.688. The number of Topliss-reactive ketones (excluding diaryl/α,β-unsaturated/α-hetero) is 1. The van der Waals surface area contributed by atoms with Gasteiger partial charge in [0.15, 0.2) is 5.78 Å². The number of hydrogen-bond donors (Lipinski definition) is 0. The van der Waals surface area contributed by atoms with Gasteiger partial charge in [0, 0.05) is 12.0 Å². The van der Waals surface area contributed by atoms with Crippen molar-refractivity contribution in [3.8, 4) is 0 Å². The molecule has 0 aromatic heterocycles. The zero-order valence-electron chi connectivity index (χ0n) is 8.29. The maximum atomic E-state index is 11.9. The largest absolute Gasteiger partial charge is 0.289 e. The van der Waals surface area contributed by atoms with Crippen LogP contribution < -0.4 is 0 Å². The van der Waals surface area contributed by atoms with E-state index in [1.165, 1.54) is 5.56 Å². The molecule has 2 aromatic rings. The monoisotopic (exact) mass is 194 g/mol. The van der Waals surface area contributed by atoms with Gasteiger partial charge in [-0.05, 0) is 21.9 Å². The molecule has 0 heterocycles. The third-order valence-electron chi connectivity index (χ3n) is 2.96. The maximum Gasteiger partial charge on any atom is 0.189 e. The first-order valence-corrected chi connectivity index (χ1v) is 5.00. The molecule has 0 aliphatic heterocycles. The van der Waals surface area contributed by atoms with E-state index in [4.69, 9.17) is 0 Å². The van der Waals surface area contributed by atoms with Crippen molar-refractivity contribution < 1.29 is 4.79 Å². The van der Waals surface area contributed by atoms with E-state index in [1.54, 1.807) is 0 Å². The Morgan fingerprint density at radius 3 is 2.60 bits per heavy atom. The Labute approximate surface area is 88.0 Å². The zero-order chi connectivity index (χ0) is 10.4. The average molecular weight is 194 g/mol. The zero-order valence-corrected chi connectivity index (χ0v) is 8.29. The van der Waals surface area contributed by atoms with E-state index < -0.39 is 0 Å². The van der Waals surface area contributed by atoms with Crippen LogP contribution in [0.15, 0.2) is 48.6 Å². The molecule has 0 bridgehead atoms. The van der Waals surface area contributed by atoms with Crippen LogP contribution in [0.4, 0.5) is 0 Å². The van der Waals surface area contributed by atoms with Crippen molar-refractivity contribution in [1.82, 2.24) is 0 Å². The molecule has 1 aliphatic carbocycles. The number of benzene rings is 2. The summed E-state index contributed by atoms with van der Waals surface area (Å²) in [5, 5.41) is 2.25. The summed E-state index contributed by atoms with van der Waals surface area (Å²) in [6, 6.07) is 12.0. The lowest BCUT2D eigenvalue weighted by Crippen LogP contribution is -2.12. The number of carbonyl (C=O) groups is 1. The van der Waals surface area contributed by atoms with Crippen LogP contribution in [0.3, 0.4) is 0 Å². The lowest BCUT2D eigenvalue weighted by Gasteiger charge is -2.17.